The molecule has 0 bridgehead atoms. The summed E-state index contributed by atoms with van der Waals surface area (Å²) < 4.78 is 39.3. The van der Waals surface area contributed by atoms with Crippen LogP contribution in [0.5, 0.6) is 0 Å². The van der Waals surface area contributed by atoms with Gasteiger partial charge in [-0.05, 0) is 73.8 Å². The molecule has 1 saturated carbocycles. The molecule has 1 aliphatic heterocycles. The van der Waals surface area contributed by atoms with Gasteiger partial charge < -0.3 is 9.47 Å². The van der Waals surface area contributed by atoms with Crippen molar-refractivity contribution in [3.63, 3.8) is 0 Å². The van der Waals surface area contributed by atoms with Gasteiger partial charge in [0.1, 0.15) is 6.10 Å². The fourth-order valence-corrected chi connectivity index (χ4v) is 7.20. The molecule has 1 heterocycles. The van der Waals surface area contributed by atoms with Crippen LogP contribution in [-0.2, 0) is 30.7 Å². The first kappa shape index (κ1) is 26.2. The van der Waals surface area contributed by atoms with Crippen molar-refractivity contribution in [1.29, 1.82) is 0 Å². The molecule has 2 aromatic carbocycles. The molecule has 8 heteroatoms. The van der Waals surface area contributed by atoms with E-state index in [2.05, 4.69) is 20.8 Å². The van der Waals surface area contributed by atoms with Gasteiger partial charge in [-0.25, -0.2) is 18.0 Å². The summed E-state index contributed by atoms with van der Waals surface area (Å²) in [6.45, 7) is 7.76. The van der Waals surface area contributed by atoms with Crippen LogP contribution in [0.3, 0.4) is 0 Å². The van der Waals surface area contributed by atoms with Crippen molar-refractivity contribution in [3.05, 3.63) is 59.7 Å². The minimum absolute atomic E-state index is 0.000881. The third-order valence-electron chi connectivity index (χ3n) is 7.34. The number of sulfonamides is 1. The summed E-state index contributed by atoms with van der Waals surface area (Å²) in [6, 6.07) is 12.9. The van der Waals surface area contributed by atoms with Gasteiger partial charge in [0.15, 0.2) is 6.61 Å². The summed E-state index contributed by atoms with van der Waals surface area (Å²) in [5.74, 6) is -0.181. The topological polar surface area (TPSA) is 90.0 Å². The summed E-state index contributed by atoms with van der Waals surface area (Å²) in [7, 11) is -3.89. The van der Waals surface area contributed by atoms with Crippen LogP contribution in [0.4, 0.5) is 5.69 Å². The van der Waals surface area contributed by atoms with Crippen molar-refractivity contribution >= 4 is 27.6 Å². The molecule has 0 amide bonds. The number of esters is 2. The predicted octanol–water partition coefficient (Wildman–Crippen LogP) is 4.99. The number of nitrogens with zero attached hydrogens (tertiary/aromatic N) is 1. The van der Waals surface area contributed by atoms with Gasteiger partial charge in [-0.1, -0.05) is 51.5 Å². The van der Waals surface area contributed by atoms with Gasteiger partial charge in [-0.15, -0.1) is 0 Å². The minimum Gasteiger partial charge on any atom is -0.460 e. The largest absolute Gasteiger partial charge is 0.460 e. The number of carbonyl (C=O) groups excluding carboxylic acids is 2. The van der Waals surface area contributed by atoms with E-state index in [0.29, 0.717) is 29.9 Å². The first-order valence-electron chi connectivity index (χ1n) is 12.7. The highest BCUT2D eigenvalue weighted by atomic mass is 32.2. The molecule has 1 aliphatic carbocycles. The summed E-state index contributed by atoms with van der Waals surface area (Å²) in [5, 5.41) is 0. The summed E-state index contributed by atoms with van der Waals surface area (Å²) >= 11 is 0. The summed E-state index contributed by atoms with van der Waals surface area (Å²) in [5.41, 5.74) is 1.68. The molecule has 4 unspecified atom stereocenters. The maximum atomic E-state index is 13.5. The van der Waals surface area contributed by atoms with E-state index in [9.17, 15) is 18.0 Å². The van der Waals surface area contributed by atoms with E-state index in [1.807, 2.05) is 25.1 Å². The molecule has 0 aromatic heterocycles. The van der Waals surface area contributed by atoms with Gasteiger partial charge in [0, 0.05) is 6.04 Å². The second-order valence-electron chi connectivity index (χ2n) is 10.4. The van der Waals surface area contributed by atoms with Crippen LogP contribution < -0.4 is 4.31 Å². The van der Waals surface area contributed by atoms with E-state index >= 15 is 0 Å². The number of ether oxygens (including phenoxy) is 2. The van der Waals surface area contributed by atoms with Gasteiger partial charge in [-0.3, -0.25) is 4.31 Å². The normalized spacial score (nSPS) is 23.9. The number of benzene rings is 2. The van der Waals surface area contributed by atoms with E-state index < -0.39 is 28.6 Å². The average Bonchev–Trinajstić information content (AvgIpc) is 3.19. The van der Waals surface area contributed by atoms with Crippen molar-refractivity contribution in [3.8, 4) is 0 Å². The Bertz CT molecular complexity index is 1220. The summed E-state index contributed by atoms with van der Waals surface area (Å²) in [4.78, 5) is 25.2. The Hall–Kier alpha value is -2.87. The zero-order valence-electron chi connectivity index (χ0n) is 21.3. The molecular formula is C28H35NO6S. The molecule has 4 atom stereocenters. The number of fused-ring (bicyclic) bond motifs is 1. The van der Waals surface area contributed by atoms with Crippen molar-refractivity contribution < 1.29 is 27.5 Å². The van der Waals surface area contributed by atoms with Crippen molar-refractivity contribution in [2.45, 2.75) is 70.4 Å². The second-order valence-corrected chi connectivity index (χ2v) is 12.3. The third-order valence-corrected chi connectivity index (χ3v) is 9.26. The first-order valence-corrected chi connectivity index (χ1v) is 14.1. The molecule has 2 aliphatic rings. The van der Waals surface area contributed by atoms with Crippen molar-refractivity contribution in [2.75, 3.05) is 10.9 Å². The van der Waals surface area contributed by atoms with Crippen LogP contribution in [0.15, 0.2) is 53.4 Å². The number of hydrogen-bond acceptors (Lipinski definition) is 6. The number of hydrogen-bond donors (Lipinski definition) is 0. The van der Waals surface area contributed by atoms with Crippen LogP contribution in [0.25, 0.3) is 0 Å². The average molecular weight is 514 g/mol. The number of para-hydroxylation sites is 1. The Morgan fingerprint density at radius 3 is 2.56 bits per heavy atom. The highest BCUT2D eigenvalue weighted by Crippen LogP contribution is 2.37. The molecule has 4 rings (SSSR count). The standard InChI is InChI=1S/C28H35NO6S/c1-18(2)24-13-12-19(3)14-26(24)35-27(30)17-34-28(31)22-9-7-10-23(16-22)36(32,33)29-20(4)15-21-8-5-6-11-25(21)29/h5-11,16,18-20,24,26H,12-15,17H2,1-4H3. The van der Waals surface area contributed by atoms with Crippen LogP contribution in [0, 0.1) is 17.8 Å². The van der Waals surface area contributed by atoms with E-state index in [0.717, 1.165) is 24.8 Å². The third kappa shape index (κ3) is 5.43. The molecule has 0 saturated heterocycles. The molecule has 0 N–H and O–H groups in total. The zero-order chi connectivity index (χ0) is 26.0. The smallest absolute Gasteiger partial charge is 0.344 e. The molecule has 1 fully saturated rings. The number of rotatable bonds is 7. The predicted molar refractivity (Wildman–Crippen MR) is 137 cm³/mol. The van der Waals surface area contributed by atoms with E-state index in [4.69, 9.17) is 9.47 Å². The summed E-state index contributed by atoms with van der Waals surface area (Å²) in [6.07, 6.45) is 3.38. The Kier molecular flexibility index (Phi) is 7.73. The highest BCUT2D eigenvalue weighted by Gasteiger charge is 2.36. The van der Waals surface area contributed by atoms with Crippen LogP contribution >= 0.6 is 0 Å². The van der Waals surface area contributed by atoms with Gasteiger partial charge in [0.2, 0.25) is 0 Å². The monoisotopic (exact) mass is 513 g/mol. The van der Waals surface area contributed by atoms with E-state index in [-0.39, 0.29) is 22.6 Å². The van der Waals surface area contributed by atoms with Gasteiger partial charge >= 0.3 is 11.9 Å². The lowest BCUT2D eigenvalue weighted by molar-refractivity contribution is -0.159. The minimum atomic E-state index is -3.89. The van der Waals surface area contributed by atoms with Gasteiger partial charge in [0.05, 0.1) is 16.1 Å². The Balaban J connectivity index is 1.42. The maximum absolute atomic E-state index is 13.5. The lowest BCUT2D eigenvalue weighted by atomic mass is 9.75. The SMILES string of the molecule is CC1CCC(C(C)C)C(OC(=O)COC(=O)c2cccc(S(=O)(=O)N3c4ccccc4CC3C)c2)C1. The molecule has 36 heavy (non-hydrogen) atoms. The van der Waals surface area contributed by atoms with Gasteiger partial charge in [0.25, 0.3) is 10.0 Å². The van der Waals surface area contributed by atoms with Crippen molar-refractivity contribution in [2.24, 2.45) is 17.8 Å². The number of carbonyl (C=O) groups is 2. The van der Waals surface area contributed by atoms with Gasteiger partial charge in [-0.2, -0.15) is 0 Å². The first-order chi connectivity index (χ1) is 17.1. The molecule has 0 spiro atoms. The van der Waals surface area contributed by atoms with Crippen molar-refractivity contribution in [1.82, 2.24) is 0 Å². The molecule has 2 aromatic rings. The zero-order valence-corrected chi connectivity index (χ0v) is 22.2. The quantitative estimate of drug-likeness (QED) is 0.485. The highest BCUT2D eigenvalue weighted by molar-refractivity contribution is 7.92. The molecule has 194 valence electrons. The Morgan fingerprint density at radius 1 is 1.06 bits per heavy atom. The Morgan fingerprint density at radius 2 is 1.81 bits per heavy atom. The lowest BCUT2D eigenvalue weighted by Crippen LogP contribution is -2.36. The van der Waals surface area contributed by atoms with E-state index in [1.165, 1.54) is 28.6 Å². The van der Waals surface area contributed by atoms with E-state index in [1.54, 1.807) is 6.07 Å². The van der Waals surface area contributed by atoms with Crippen LogP contribution in [-0.4, -0.2) is 39.1 Å². The Labute approximate surface area is 213 Å². The van der Waals surface area contributed by atoms with Crippen LogP contribution in [0.2, 0.25) is 0 Å². The maximum Gasteiger partial charge on any atom is 0.344 e. The molecule has 0 radical (unpaired) electrons. The fraction of sp³-hybridized carbons (Fsp3) is 0.500. The molecular weight excluding hydrogens is 478 g/mol. The fourth-order valence-electron chi connectivity index (χ4n) is 5.46. The van der Waals surface area contributed by atoms with Crippen LogP contribution in [0.1, 0.15) is 62.9 Å². The molecule has 7 nitrogen and oxygen atoms in total. The second kappa shape index (κ2) is 10.6. The lowest BCUT2D eigenvalue weighted by Gasteiger charge is -2.36. The number of anilines is 1.